The summed E-state index contributed by atoms with van der Waals surface area (Å²) in [5, 5.41) is 0. The number of nitrogens with two attached hydrogens (primary N) is 1. The van der Waals surface area contributed by atoms with Crippen LogP contribution in [-0.4, -0.2) is 25.7 Å². The van der Waals surface area contributed by atoms with Gasteiger partial charge in [-0.1, -0.05) is 6.07 Å². The van der Waals surface area contributed by atoms with Gasteiger partial charge in [0.2, 0.25) is 0 Å². The van der Waals surface area contributed by atoms with Gasteiger partial charge in [-0.25, -0.2) is 0 Å². The van der Waals surface area contributed by atoms with Crippen LogP contribution in [0, 0.1) is 0 Å². The lowest BCUT2D eigenvalue weighted by atomic mass is 10.1. The van der Waals surface area contributed by atoms with Gasteiger partial charge in [0.15, 0.2) is 0 Å². The van der Waals surface area contributed by atoms with Gasteiger partial charge in [0.05, 0.1) is 0 Å². The number of hydrogen-bond acceptors (Lipinski definition) is 3. The largest absolute Gasteiger partial charge is 0.399 e. The molecule has 2 N–H and O–H groups in total. The number of carbonyl (C=O) groups excluding carboxylic acids is 1. The summed E-state index contributed by atoms with van der Waals surface area (Å²) >= 11 is 0. The third-order valence-electron chi connectivity index (χ3n) is 2.74. The lowest BCUT2D eigenvalue weighted by Crippen LogP contribution is -2.32. The van der Waals surface area contributed by atoms with Crippen LogP contribution in [0.3, 0.4) is 0 Å². The maximum Gasteiger partial charge on any atom is 0.252 e. The van der Waals surface area contributed by atoms with Crippen LogP contribution in [0.2, 0.25) is 0 Å². The molecule has 16 heavy (non-hydrogen) atoms. The number of hydrogen-bond donors (Lipinski definition) is 1. The maximum atomic E-state index is 11.8. The van der Waals surface area contributed by atoms with Gasteiger partial charge in [-0.05, 0) is 31.0 Å². The highest BCUT2D eigenvalue weighted by atomic mass is 16.5. The average Bonchev–Trinajstić information content (AvgIpc) is 2.68. The third kappa shape index (κ3) is 2.02. The first-order valence-electron chi connectivity index (χ1n) is 5.49. The molecular formula is C12H16N2O2. The van der Waals surface area contributed by atoms with Crippen molar-refractivity contribution in [2.24, 2.45) is 0 Å². The van der Waals surface area contributed by atoms with Gasteiger partial charge in [-0.3, -0.25) is 4.79 Å². The second-order valence-corrected chi connectivity index (χ2v) is 3.82. The summed E-state index contributed by atoms with van der Waals surface area (Å²) in [6.07, 6.45) is 0.896. The third-order valence-corrected chi connectivity index (χ3v) is 2.74. The summed E-state index contributed by atoms with van der Waals surface area (Å²) in [4.78, 5) is 13.6. The topological polar surface area (TPSA) is 55.6 Å². The minimum absolute atomic E-state index is 0.00574. The molecule has 4 heteroatoms. The number of benzene rings is 1. The van der Waals surface area contributed by atoms with Crippen LogP contribution in [0.5, 0.6) is 0 Å². The Kier molecular flexibility index (Phi) is 3.10. The highest BCUT2D eigenvalue weighted by molar-refractivity contribution is 5.96. The van der Waals surface area contributed by atoms with E-state index in [0.717, 1.165) is 18.7 Å². The van der Waals surface area contributed by atoms with Crippen LogP contribution in [0.4, 0.5) is 11.4 Å². The SMILES string of the molecule is CCOCC(=O)N1CCc2ccc(N)cc21. The Bertz CT molecular complexity index is 404. The summed E-state index contributed by atoms with van der Waals surface area (Å²) in [6, 6.07) is 5.71. The van der Waals surface area contributed by atoms with Gasteiger partial charge in [0, 0.05) is 24.5 Å². The molecule has 86 valence electrons. The Morgan fingerprint density at radius 3 is 3.12 bits per heavy atom. The number of amides is 1. The van der Waals surface area contributed by atoms with E-state index >= 15 is 0 Å². The summed E-state index contributed by atoms with van der Waals surface area (Å²) in [5.74, 6) is 0.00574. The summed E-state index contributed by atoms with van der Waals surface area (Å²) in [5.41, 5.74) is 8.53. The van der Waals surface area contributed by atoms with Crippen molar-refractivity contribution in [1.29, 1.82) is 0 Å². The van der Waals surface area contributed by atoms with E-state index in [-0.39, 0.29) is 12.5 Å². The predicted molar refractivity (Wildman–Crippen MR) is 63.4 cm³/mol. The van der Waals surface area contributed by atoms with Crippen molar-refractivity contribution < 1.29 is 9.53 Å². The normalized spacial score (nSPS) is 13.9. The van der Waals surface area contributed by atoms with Gasteiger partial charge in [0.25, 0.3) is 5.91 Å². The van der Waals surface area contributed by atoms with Crippen molar-refractivity contribution >= 4 is 17.3 Å². The molecule has 1 aromatic carbocycles. The second kappa shape index (κ2) is 4.53. The zero-order valence-electron chi connectivity index (χ0n) is 9.40. The quantitative estimate of drug-likeness (QED) is 0.778. The van der Waals surface area contributed by atoms with E-state index < -0.39 is 0 Å². The highest BCUT2D eigenvalue weighted by Crippen LogP contribution is 2.29. The Morgan fingerprint density at radius 2 is 2.38 bits per heavy atom. The summed E-state index contributed by atoms with van der Waals surface area (Å²) in [7, 11) is 0. The first-order valence-corrected chi connectivity index (χ1v) is 5.49. The molecule has 2 rings (SSSR count). The molecule has 0 radical (unpaired) electrons. The molecule has 0 saturated heterocycles. The van der Waals surface area contributed by atoms with Crippen molar-refractivity contribution in [3.8, 4) is 0 Å². The fourth-order valence-corrected chi connectivity index (χ4v) is 1.92. The molecule has 0 spiro atoms. The number of ether oxygens (including phenoxy) is 1. The zero-order chi connectivity index (χ0) is 11.5. The van der Waals surface area contributed by atoms with E-state index in [0.29, 0.717) is 12.3 Å². The minimum Gasteiger partial charge on any atom is -0.399 e. The van der Waals surface area contributed by atoms with Crippen LogP contribution < -0.4 is 10.6 Å². The standard InChI is InChI=1S/C12H16N2O2/c1-2-16-8-12(15)14-6-5-9-3-4-10(13)7-11(9)14/h3-4,7H,2,5-6,8,13H2,1H3. The van der Waals surface area contributed by atoms with Gasteiger partial charge in [0.1, 0.15) is 6.61 Å². The molecule has 0 unspecified atom stereocenters. The number of nitrogens with zero attached hydrogens (tertiary/aromatic N) is 1. The fourth-order valence-electron chi connectivity index (χ4n) is 1.92. The first-order chi connectivity index (χ1) is 7.72. The van der Waals surface area contributed by atoms with E-state index in [1.165, 1.54) is 5.56 Å². The number of carbonyl (C=O) groups is 1. The van der Waals surface area contributed by atoms with E-state index in [1.807, 2.05) is 25.1 Å². The van der Waals surface area contributed by atoms with Crippen molar-refractivity contribution in [2.75, 3.05) is 30.4 Å². The number of rotatable bonds is 3. The monoisotopic (exact) mass is 220 g/mol. The van der Waals surface area contributed by atoms with E-state index in [1.54, 1.807) is 4.90 Å². The summed E-state index contributed by atoms with van der Waals surface area (Å²) < 4.78 is 5.13. The van der Waals surface area contributed by atoms with Crippen molar-refractivity contribution in [2.45, 2.75) is 13.3 Å². The molecule has 0 aliphatic carbocycles. The minimum atomic E-state index is 0.00574. The molecule has 0 atom stereocenters. The average molecular weight is 220 g/mol. The van der Waals surface area contributed by atoms with Crippen LogP contribution in [-0.2, 0) is 16.0 Å². The molecule has 1 aliphatic rings. The number of fused-ring (bicyclic) bond motifs is 1. The van der Waals surface area contributed by atoms with Crippen molar-refractivity contribution in [1.82, 2.24) is 0 Å². The van der Waals surface area contributed by atoms with Crippen molar-refractivity contribution in [3.05, 3.63) is 23.8 Å². The van der Waals surface area contributed by atoms with Gasteiger partial charge < -0.3 is 15.4 Å². The van der Waals surface area contributed by atoms with E-state index in [4.69, 9.17) is 10.5 Å². The molecule has 0 bridgehead atoms. The van der Waals surface area contributed by atoms with Crippen LogP contribution >= 0.6 is 0 Å². The Labute approximate surface area is 95.0 Å². The van der Waals surface area contributed by atoms with Crippen molar-refractivity contribution in [3.63, 3.8) is 0 Å². The first kappa shape index (κ1) is 11.0. The zero-order valence-corrected chi connectivity index (χ0v) is 9.40. The molecule has 0 saturated carbocycles. The molecule has 1 amide bonds. The smallest absolute Gasteiger partial charge is 0.252 e. The molecule has 1 aromatic rings. The second-order valence-electron chi connectivity index (χ2n) is 3.82. The lowest BCUT2D eigenvalue weighted by Gasteiger charge is -2.17. The van der Waals surface area contributed by atoms with Crippen LogP contribution in [0.15, 0.2) is 18.2 Å². The Balaban J connectivity index is 2.16. The van der Waals surface area contributed by atoms with E-state index in [9.17, 15) is 4.79 Å². The van der Waals surface area contributed by atoms with E-state index in [2.05, 4.69) is 0 Å². The van der Waals surface area contributed by atoms with Gasteiger partial charge in [-0.15, -0.1) is 0 Å². The van der Waals surface area contributed by atoms with Crippen LogP contribution in [0.1, 0.15) is 12.5 Å². The molecular weight excluding hydrogens is 204 g/mol. The highest BCUT2D eigenvalue weighted by Gasteiger charge is 2.24. The Hall–Kier alpha value is -1.55. The fraction of sp³-hybridized carbons (Fsp3) is 0.417. The Morgan fingerprint density at radius 1 is 1.56 bits per heavy atom. The maximum absolute atomic E-state index is 11.8. The molecule has 1 aliphatic heterocycles. The molecule has 0 fully saturated rings. The van der Waals surface area contributed by atoms with Crippen LogP contribution in [0.25, 0.3) is 0 Å². The number of nitrogen functional groups attached to an aromatic ring is 1. The summed E-state index contributed by atoms with van der Waals surface area (Å²) in [6.45, 7) is 3.31. The predicted octanol–water partition coefficient (Wildman–Crippen LogP) is 1.19. The lowest BCUT2D eigenvalue weighted by molar-refractivity contribution is -0.122. The molecule has 4 nitrogen and oxygen atoms in total. The van der Waals surface area contributed by atoms with Gasteiger partial charge in [-0.2, -0.15) is 0 Å². The van der Waals surface area contributed by atoms with Gasteiger partial charge >= 0.3 is 0 Å². The molecule has 0 aromatic heterocycles. The molecule has 1 heterocycles. The number of anilines is 2.